The normalized spacial score (nSPS) is 11.4. The van der Waals surface area contributed by atoms with Gasteiger partial charge in [-0.1, -0.05) is 0 Å². The Bertz CT molecular complexity index is 505. The number of aryl methyl sites for hydroxylation is 1. The first-order chi connectivity index (χ1) is 8.15. The summed E-state index contributed by atoms with van der Waals surface area (Å²) in [7, 11) is 1.82. The highest BCUT2D eigenvalue weighted by atomic mass is 16.3. The zero-order valence-corrected chi connectivity index (χ0v) is 9.92. The fourth-order valence-electron chi connectivity index (χ4n) is 1.76. The number of hydrogen-bond donors (Lipinski definition) is 2. The Morgan fingerprint density at radius 3 is 2.71 bits per heavy atom. The zero-order chi connectivity index (χ0) is 12.4. The zero-order valence-electron chi connectivity index (χ0n) is 9.92. The summed E-state index contributed by atoms with van der Waals surface area (Å²) in [5.41, 5.74) is 2.41. The van der Waals surface area contributed by atoms with Gasteiger partial charge in [-0.15, -0.1) is 0 Å². The molecule has 0 fully saturated rings. The molecule has 0 atom stereocenters. The lowest BCUT2D eigenvalue weighted by atomic mass is 10.2. The largest absolute Gasteiger partial charge is 0.441 e. The number of likely N-dealkylation sites (N-methyl/N-ethyl adjacent to an activating group) is 1. The number of benzene rings is 1. The molecule has 0 aliphatic rings. The van der Waals surface area contributed by atoms with Crippen LogP contribution in [-0.4, -0.2) is 41.5 Å². The molecule has 0 saturated heterocycles. The fraction of sp³-hybridized carbons (Fsp3) is 0.417. The molecular weight excluding hydrogens is 220 g/mol. The molecule has 0 bridgehead atoms. The summed E-state index contributed by atoms with van der Waals surface area (Å²) in [5, 5.41) is 18.3. The summed E-state index contributed by atoms with van der Waals surface area (Å²) in [5.74, 6) is 0.626. The highest BCUT2D eigenvalue weighted by molar-refractivity contribution is 5.77. The number of fused-ring (bicyclic) bond motifs is 1. The van der Waals surface area contributed by atoms with E-state index in [4.69, 9.17) is 14.6 Å². The van der Waals surface area contributed by atoms with Crippen molar-refractivity contribution >= 4 is 16.8 Å². The van der Waals surface area contributed by atoms with Crippen molar-refractivity contribution in [2.75, 3.05) is 25.2 Å². The summed E-state index contributed by atoms with van der Waals surface area (Å²) in [6, 6.07) is 5.29. The third-order valence-electron chi connectivity index (χ3n) is 2.85. The molecule has 17 heavy (non-hydrogen) atoms. The van der Waals surface area contributed by atoms with Crippen molar-refractivity contribution in [3.05, 3.63) is 24.1 Å². The van der Waals surface area contributed by atoms with E-state index in [0.29, 0.717) is 5.89 Å². The van der Waals surface area contributed by atoms with E-state index in [1.807, 2.05) is 30.1 Å². The summed E-state index contributed by atoms with van der Waals surface area (Å²) in [4.78, 5) is 6.07. The van der Waals surface area contributed by atoms with Crippen LogP contribution in [0.15, 0.2) is 22.6 Å². The van der Waals surface area contributed by atoms with Crippen LogP contribution in [0.2, 0.25) is 0 Å². The van der Waals surface area contributed by atoms with E-state index in [1.54, 1.807) is 6.92 Å². The second-order valence-corrected chi connectivity index (χ2v) is 4.01. The molecule has 0 unspecified atom stereocenters. The first-order valence-corrected chi connectivity index (χ1v) is 5.47. The molecule has 2 N–H and O–H groups in total. The average Bonchev–Trinajstić information content (AvgIpc) is 2.69. The molecule has 1 heterocycles. The van der Waals surface area contributed by atoms with E-state index in [1.165, 1.54) is 0 Å². The van der Waals surface area contributed by atoms with Gasteiger partial charge >= 0.3 is 0 Å². The SMILES string of the molecule is Cc1nc2cc(N(C)C(CO)CO)ccc2o1. The lowest BCUT2D eigenvalue weighted by Crippen LogP contribution is -2.37. The predicted molar refractivity (Wildman–Crippen MR) is 65.1 cm³/mol. The maximum absolute atomic E-state index is 9.14. The second-order valence-electron chi connectivity index (χ2n) is 4.01. The smallest absolute Gasteiger partial charge is 0.192 e. The van der Waals surface area contributed by atoms with E-state index in [9.17, 15) is 0 Å². The van der Waals surface area contributed by atoms with Gasteiger partial charge < -0.3 is 19.5 Å². The van der Waals surface area contributed by atoms with Crippen LogP contribution in [0.4, 0.5) is 5.69 Å². The molecule has 0 amide bonds. The summed E-state index contributed by atoms with van der Waals surface area (Å²) in [6.07, 6.45) is 0. The van der Waals surface area contributed by atoms with Crippen molar-refractivity contribution in [3.63, 3.8) is 0 Å². The molecule has 5 nitrogen and oxygen atoms in total. The number of rotatable bonds is 4. The Balaban J connectivity index is 2.34. The highest BCUT2D eigenvalue weighted by Crippen LogP contribution is 2.22. The Hall–Kier alpha value is -1.59. The molecular formula is C12H16N2O3. The Kier molecular flexibility index (Phi) is 3.31. The van der Waals surface area contributed by atoms with E-state index in [-0.39, 0.29) is 19.3 Å². The molecule has 0 radical (unpaired) electrons. The van der Waals surface area contributed by atoms with Crippen LogP contribution in [0.3, 0.4) is 0 Å². The van der Waals surface area contributed by atoms with Crippen LogP contribution >= 0.6 is 0 Å². The van der Waals surface area contributed by atoms with Crippen LogP contribution in [-0.2, 0) is 0 Å². The molecule has 0 spiro atoms. The van der Waals surface area contributed by atoms with Gasteiger partial charge in [-0.2, -0.15) is 0 Å². The molecule has 2 rings (SSSR count). The fourth-order valence-corrected chi connectivity index (χ4v) is 1.76. The average molecular weight is 236 g/mol. The Morgan fingerprint density at radius 2 is 2.06 bits per heavy atom. The minimum absolute atomic E-state index is 0.0944. The minimum atomic E-state index is -0.305. The lowest BCUT2D eigenvalue weighted by Gasteiger charge is -2.26. The molecule has 92 valence electrons. The summed E-state index contributed by atoms with van der Waals surface area (Å²) in [6.45, 7) is 1.61. The first-order valence-electron chi connectivity index (χ1n) is 5.47. The lowest BCUT2D eigenvalue weighted by molar-refractivity contribution is 0.191. The van der Waals surface area contributed by atoms with Gasteiger partial charge in [0.15, 0.2) is 11.5 Å². The van der Waals surface area contributed by atoms with Crippen molar-refractivity contribution in [3.8, 4) is 0 Å². The molecule has 1 aromatic heterocycles. The monoisotopic (exact) mass is 236 g/mol. The molecule has 0 saturated carbocycles. The van der Waals surface area contributed by atoms with Gasteiger partial charge in [-0.05, 0) is 18.2 Å². The van der Waals surface area contributed by atoms with Gasteiger partial charge in [0.1, 0.15) is 5.52 Å². The topological polar surface area (TPSA) is 69.7 Å². The number of hydrogen-bond acceptors (Lipinski definition) is 5. The van der Waals surface area contributed by atoms with Crippen LogP contribution in [0.25, 0.3) is 11.1 Å². The number of aromatic nitrogens is 1. The van der Waals surface area contributed by atoms with Gasteiger partial charge in [0.25, 0.3) is 0 Å². The van der Waals surface area contributed by atoms with Gasteiger partial charge in [0.2, 0.25) is 0 Å². The third kappa shape index (κ3) is 2.25. The Morgan fingerprint density at radius 1 is 1.35 bits per heavy atom. The van der Waals surface area contributed by atoms with Crippen LogP contribution < -0.4 is 4.90 Å². The van der Waals surface area contributed by atoms with Gasteiger partial charge in [-0.25, -0.2) is 4.98 Å². The van der Waals surface area contributed by atoms with E-state index in [0.717, 1.165) is 16.8 Å². The standard InChI is InChI=1S/C12H16N2O3/c1-8-13-11-5-9(3-4-12(11)17-8)14(2)10(6-15)7-16/h3-5,10,15-16H,6-7H2,1-2H3. The maximum Gasteiger partial charge on any atom is 0.192 e. The molecule has 1 aromatic carbocycles. The number of anilines is 1. The van der Waals surface area contributed by atoms with E-state index >= 15 is 0 Å². The summed E-state index contributed by atoms with van der Waals surface area (Å²) >= 11 is 0. The number of nitrogens with zero attached hydrogens (tertiary/aromatic N) is 2. The van der Waals surface area contributed by atoms with Crippen LogP contribution in [0.1, 0.15) is 5.89 Å². The van der Waals surface area contributed by atoms with Gasteiger partial charge in [0, 0.05) is 19.7 Å². The van der Waals surface area contributed by atoms with Crippen molar-refractivity contribution < 1.29 is 14.6 Å². The quantitative estimate of drug-likeness (QED) is 0.826. The predicted octanol–water partition coefficient (Wildman–Crippen LogP) is 0.926. The van der Waals surface area contributed by atoms with E-state index < -0.39 is 0 Å². The maximum atomic E-state index is 9.14. The van der Waals surface area contributed by atoms with Crippen LogP contribution in [0.5, 0.6) is 0 Å². The molecule has 5 heteroatoms. The van der Waals surface area contributed by atoms with E-state index in [2.05, 4.69) is 4.98 Å². The summed E-state index contributed by atoms with van der Waals surface area (Å²) < 4.78 is 5.39. The number of aliphatic hydroxyl groups excluding tert-OH is 2. The number of oxazole rings is 1. The first kappa shape index (κ1) is 11.9. The molecule has 2 aromatic rings. The van der Waals surface area contributed by atoms with Crippen molar-refractivity contribution in [1.82, 2.24) is 4.98 Å². The highest BCUT2D eigenvalue weighted by Gasteiger charge is 2.14. The number of aliphatic hydroxyl groups is 2. The van der Waals surface area contributed by atoms with Crippen molar-refractivity contribution in [2.45, 2.75) is 13.0 Å². The molecule has 0 aliphatic heterocycles. The van der Waals surface area contributed by atoms with Gasteiger partial charge in [0.05, 0.1) is 19.3 Å². The molecule has 0 aliphatic carbocycles. The minimum Gasteiger partial charge on any atom is -0.441 e. The van der Waals surface area contributed by atoms with Crippen LogP contribution in [0, 0.1) is 6.92 Å². The van der Waals surface area contributed by atoms with Gasteiger partial charge in [-0.3, -0.25) is 0 Å². The second kappa shape index (κ2) is 4.73. The Labute approximate surface area is 99.3 Å². The van der Waals surface area contributed by atoms with Crippen molar-refractivity contribution in [1.29, 1.82) is 0 Å². The van der Waals surface area contributed by atoms with Crippen molar-refractivity contribution in [2.24, 2.45) is 0 Å². The third-order valence-corrected chi connectivity index (χ3v) is 2.85.